The number of hydrogen-bond acceptors (Lipinski definition) is 1. The van der Waals surface area contributed by atoms with E-state index in [9.17, 15) is 0 Å². The molecule has 1 heteroatoms. The van der Waals surface area contributed by atoms with Crippen LogP contribution < -0.4 is 5.73 Å². The highest BCUT2D eigenvalue weighted by Crippen LogP contribution is 2.52. The summed E-state index contributed by atoms with van der Waals surface area (Å²) in [6.45, 7) is 11.4. The highest BCUT2D eigenvalue weighted by Gasteiger charge is 2.38. The second-order valence-corrected chi connectivity index (χ2v) is 10.6. The molecule has 0 unspecified atom stereocenters. The number of hydrogen-bond donors (Lipinski definition) is 1. The number of unbranched alkanes of at least 4 members (excludes halogenated alkanes) is 1. The van der Waals surface area contributed by atoms with E-state index in [0.29, 0.717) is 0 Å². The molecule has 1 aliphatic rings. The van der Waals surface area contributed by atoms with Gasteiger partial charge in [-0.05, 0) is 80.6 Å². The van der Waals surface area contributed by atoms with Gasteiger partial charge in [0.25, 0.3) is 0 Å². The van der Waals surface area contributed by atoms with Crippen LogP contribution in [0.2, 0.25) is 0 Å². The van der Waals surface area contributed by atoms with Gasteiger partial charge in [-0.3, -0.25) is 0 Å². The van der Waals surface area contributed by atoms with Crippen LogP contribution in [0.4, 0.5) is 0 Å². The average Bonchev–Trinajstić information content (AvgIpc) is 3.08. The van der Waals surface area contributed by atoms with Crippen LogP contribution in [0.1, 0.15) is 82.6 Å². The molecule has 4 aromatic carbocycles. The van der Waals surface area contributed by atoms with Crippen LogP contribution in [0.25, 0.3) is 32.7 Å². The zero-order chi connectivity index (χ0) is 23.4. The minimum Gasteiger partial charge on any atom is -0.321 e. The summed E-state index contributed by atoms with van der Waals surface area (Å²) in [6, 6.07) is 23.5. The Morgan fingerprint density at radius 1 is 0.758 bits per heavy atom. The molecule has 0 atom stereocenters. The first kappa shape index (κ1) is 22.2. The molecule has 0 radical (unpaired) electrons. The molecule has 1 aliphatic carbocycles. The lowest BCUT2D eigenvalue weighted by Gasteiger charge is -2.29. The third kappa shape index (κ3) is 3.32. The second kappa shape index (κ2) is 7.99. The van der Waals surface area contributed by atoms with Gasteiger partial charge >= 0.3 is 0 Å². The first-order valence-corrected chi connectivity index (χ1v) is 12.8. The Bertz CT molecular complexity index is 1350. The molecule has 5 rings (SSSR count). The van der Waals surface area contributed by atoms with Crippen molar-refractivity contribution in [3.63, 3.8) is 0 Å². The van der Waals surface area contributed by atoms with E-state index in [2.05, 4.69) is 95.3 Å². The number of benzene rings is 4. The highest BCUT2D eigenvalue weighted by molar-refractivity contribution is 6.14. The number of fused-ring (bicyclic) bond motifs is 7. The van der Waals surface area contributed by atoms with Crippen LogP contribution in [-0.2, 0) is 17.4 Å². The van der Waals surface area contributed by atoms with E-state index >= 15 is 0 Å². The van der Waals surface area contributed by atoms with Gasteiger partial charge in [-0.1, -0.05) is 102 Å². The minimum atomic E-state index is -0.256. The van der Waals surface area contributed by atoms with Crippen molar-refractivity contribution in [3.05, 3.63) is 82.9 Å². The van der Waals surface area contributed by atoms with Gasteiger partial charge in [-0.2, -0.15) is 0 Å². The molecule has 2 N–H and O–H groups in total. The Kier molecular flexibility index (Phi) is 5.37. The molecule has 1 nitrogen and oxygen atoms in total. The van der Waals surface area contributed by atoms with Crippen LogP contribution in [-0.4, -0.2) is 0 Å². The van der Waals surface area contributed by atoms with Gasteiger partial charge in [-0.25, -0.2) is 0 Å². The fourth-order valence-electron chi connectivity index (χ4n) is 5.94. The van der Waals surface area contributed by atoms with Crippen molar-refractivity contribution >= 4 is 21.5 Å². The molecule has 4 aromatic rings. The second-order valence-electron chi connectivity index (χ2n) is 10.6. The minimum absolute atomic E-state index is 0.0315. The van der Waals surface area contributed by atoms with E-state index in [1.54, 1.807) is 0 Å². The standard InChI is InChI=1S/C32H37N/c1-6-9-10-21-11-14-24-22(19-21)12-15-26-25(24)17-18-28-30(26)27-16-13-23(32(33,7-2)8-3)20-29(27)31(28,4)5/h11-20H,6-10,33H2,1-5H3. The van der Waals surface area contributed by atoms with Crippen LogP contribution in [0.3, 0.4) is 0 Å². The van der Waals surface area contributed by atoms with Crippen LogP contribution >= 0.6 is 0 Å². The molecule has 170 valence electrons. The fourth-order valence-corrected chi connectivity index (χ4v) is 5.94. The Morgan fingerprint density at radius 2 is 1.48 bits per heavy atom. The summed E-state index contributed by atoms with van der Waals surface area (Å²) in [5.74, 6) is 0. The van der Waals surface area contributed by atoms with Crippen LogP contribution in [0, 0.1) is 0 Å². The summed E-state index contributed by atoms with van der Waals surface area (Å²) in [5, 5.41) is 5.43. The molecule has 0 heterocycles. The molecule has 0 spiro atoms. The molecular weight excluding hydrogens is 398 g/mol. The number of rotatable bonds is 6. The fraction of sp³-hybridized carbons (Fsp3) is 0.375. The monoisotopic (exact) mass is 435 g/mol. The molecule has 0 fully saturated rings. The summed E-state index contributed by atoms with van der Waals surface area (Å²) >= 11 is 0. The average molecular weight is 436 g/mol. The van der Waals surface area contributed by atoms with Gasteiger partial charge < -0.3 is 5.73 Å². The van der Waals surface area contributed by atoms with E-state index in [1.807, 2.05) is 0 Å². The van der Waals surface area contributed by atoms with Crippen molar-refractivity contribution < 1.29 is 0 Å². The van der Waals surface area contributed by atoms with Crippen molar-refractivity contribution in [3.8, 4) is 11.1 Å². The van der Waals surface area contributed by atoms with Gasteiger partial charge in [0.2, 0.25) is 0 Å². The van der Waals surface area contributed by atoms with Gasteiger partial charge in [0.05, 0.1) is 0 Å². The third-order valence-electron chi connectivity index (χ3n) is 8.37. The predicted octanol–water partition coefficient (Wildman–Crippen LogP) is 8.62. The van der Waals surface area contributed by atoms with E-state index in [-0.39, 0.29) is 11.0 Å². The van der Waals surface area contributed by atoms with Crippen molar-refractivity contribution in [2.45, 2.75) is 77.7 Å². The summed E-state index contributed by atoms with van der Waals surface area (Å²) in [7, 11) is 0. The van der Waals surface area contributed by atoms with Gasteiger partial charge in [-0.15, -0.1) is 0 Å². The van der Waals surface area contributed by atoms with Crippen molar-refractivity contribution in [2.24, 2.45) is 5.73 Å². The Hall–Kier alpha value is -2.64. The maximum Gasteiger partial charge on any atom is 0.0404 e. The zero-order valence-electron chi connectivity index (χ0n) is 20.9. The molecule has 0 saturated carbocycles. The largest absolute Gasteiger partial charge is 0.321 e. The molecule has 0 aliphatic heterocycles. The lowest BCUT2D eigenvalue weighted by atomic mass is 9.78. The number of aryl methyl sites for hydroxylation is 1. The molecule has 0 saturated heterocycles. The quantitative estimate of drug-likeness (QED) is 0.301. The topological polar surface area (TPSA) is 26.0 Å². The normalized spacial score (nSPS) is 14.6. The molecule has 0 aromatic heterocycles. The van der Waals surface area contributed by atoms with Crippen molar-refractivity contribution in [2.75, 3.05) is 0 Å². The van der Waals surface area contributed by atoms with Gasteiger partial charge in [0, 0.05) is 11.0 Å². The lowest BCUT2D eigenvalue weighted by molar-refractivity contribution is 0.412. The first-order chi connectivity index (χ1) is 15.8. The van der Waals surface area contributed by atoms with E-state index in [1.165, 1.54) is 67.8 Å². The maximum atomic E-state index is 6.80. The van der Waals surface area contributed by atoms with Crippen molar-refractivity contribution in [1.82, 2.24) is 0 Å². The summed E-state index contributed by atoms with van der Waals surface area (Å²) in [6.07, 6.45) is 5.55. The highest BCUT2D eigenvalue weighted by atomic mass is 14.7. The molecular formula is C32H37N. The zero-order valence-corrected chi connectivity index (χ0v) is 20.9. The van der Waals surface area contributed by atoms with E-state index < -0.39 is 0 Å². The molecule has 0 bridgehead atoms. The molecule has 33 heavy (non-hydrogen) atoms. The van der Waals surface area contributed by atoms with Gasteiger partial charge in [0.15, 0.2) is 0 Å². The Balaban J connectivity index is 1.71. The molecule has 0 amide bonds. The smallest absolute Gasteiger partial charge is 0.0404 e. The predicted molar refractivity (Wildman–Crippen MR) is 144 cm³/mol. The van der Waals surface area contributed by atoms with Crippen LogP contribution in [0.5, 0.6) is 0 Å². The lowest BCUT2D eigenvalue weighted by Crippen LogP contribution is -2.35. The first-order valence-electron chi connectivity index (χ1n) is 12.8. The van der Waals surface area contributed by atoms with Crippen LogP contribution in [0.15, 0.2) is 60.7 Å². The van der Waals surface area contributed by atoms with E-state index in [4.69, 9.17) is 5.73 Å². The Morgan fingerprint density at radius 3 is 2.21 bits per heavy atom. The Labute approximate surface area is 199 Å². The van der Waals surface area contributed by atoms with Gasteiger partial charge in [0.1, 0.15) is 0 Å². The maximum absolute atomic E-state index is 6.80. The summed E-state index contributed by atoms with van der Waals surface area (Å²) < 4.78 is 0. The summed E-state index contributed by atoms with van der Waals surface area (Å²) in [5.41, 5.74) is 14.8. The van der Waals surface area contributed by atoms with Crippen molar-refractivity contribution in [1.29, 1.82) is 0 Å². The SMILES string of the molecule is CCCCc1ccc2c(ccc3c4c(ccc32)C(C)(C)c2cc(C(N)(CC)CC)ccc2-4)c1. The number of nitrogens with two attached hydrogens (primary N) is 1. The summed E-state index contributed by atoms with van der Waals surface area (Å²) in [4.78, 5) is 0. The third-order valence-corrected chi connectivity index (χ3v) is 8.37. The van der Waals surface area contributed by atoms with E-state index in [0.717, 1.165) is 19.3 Å².